The van der Waals surface area contributed by atoms with E-state index in [1.165, 1.54) is 18.2 Å². The minimum absolute atomic E-state index is 0.0204. The number of fused-ring (bicyclic) bond motifs is 1. The van der Waals surface area contributed by atoms with Crippen molar-refractivity contribution in [1.29, 1.82) is 0 Å². The average molecular weight is 376 g/mol. The lowest BCUT2D eigenvalue weighted by Gasteiger charge is -2.10. The Morgan fingerprint density at radius 3 is 2.71 bits per heavy atom. The Kier molecular flexibility index (Phi) is 4.31. The highest BCUT2D eigenvalue weighted by Gasteiger charge is 2.17. The maximum absolute atomic E-state index is 13.4. The number of aryl methyl sites for hydroxylation is 2. The number of oxazole rings is 1. The van der Waals surface area contributed by atoms with Crippen molar-refractivity contribution in [2.45, 2.75) is 13.8 Å². The lowest BCUT2D eigenvalue weighted by atomic mass is 10.1. The number of rotatable bonds is 3. The van der Waals surface area contributed by atoms with Gasteiger partial charge in [-0.05, 0) is 67.4 Å². The third kappa shape index (κ3) is 3.32. The maximum Gasteiger partial charge on any atom is 0.255 e. The number of aromatic hydroxyl groups is 1. The number of nitrogens with one attached hydrogen (secondary N) is 1. The molecule has 0 bridgehead atoms. The molecule has 0 aliphatic heterocycles. The number of anilines is 1. The fourth-order valence-corrected chi connectivity index (χ4v) is 3.00. The molecule has 2 N–H and O–H groups in total. The monoisotopic (exact) mass is 376 g/mol. The summed E-state index contributed by atoms with van der Waals surface area (Å²) in [4.78, 5) is 16.9. The van der Waals surface area contributed by atoms with E-state index in [9.17, 15) is 14.3 Å². The molecule has 0 aliphatic rings. The average Bonchev–Trinajstić information content (AvgIpc) is 3.07. The molecule has 1 amide bonds. The van der Waals surface area contributed by atoms with E-state index in [4.69, 9.17) is 4.42 Å². The van der Waals surface area contributed by atoms with Crippen LogP contribution >= 0.6 is 0 Å². The van der Waals surface area contributed by atoms with Gasteiger partial charge in [0.05, 0.1) is 5.56 Å². The first kappa shape index (κ1) is 17.7. The van der Waals surface area contributed by atoms with Crippen molar-refractivity contribution in [1.82, 2.24) is 4.98 Å². The highest BCUT2D eigenvalue weighted by atomic mass is 19.1. The number of carbonyl (C=O) groups is 1. The summed E-state index contributed by atoms with van der Waals surface area (Å²) >= 11 is 0. The van der Waals surface area contributed by atoms with E-state index >= 15 is 0 Å². The molecular formula is C22H17FN2O3. The van der Waals surface area contributed by atoms with E-state index in [0.717, 1.165) is 11.6 Å². The summed E-state index contributed by atoms with van der Waals surface area (Å²) in [6.07, 6.45) is 0. The Morgan fingerprint density at radius 1 is 1.11 bits per heavy atom. The summed E-state index contributed by atoms with van der Waals surface area (Å²) in [6.45, 7) is 3.67. The molecule has 0 saturated carbocycles. The predicted octanol–water partition coefficient (Wildman–Crippen LogP) is 5.21. The van der Waals surface area contributed by atoms with E-state index in [1.54, 1.807) is 19.1 Å². The van der Waals surface area contributed by atoms with Gasteiger partial charge >= 0.3 is 0 Å². The second kappa shape index (κ2) is 6.81. The summed E-state index contributed by atoms with van der Waals surface area (Å²) in [7, 11) is 0. The first-order valence-electron chi connectivity index (χ1n) is 8.69. The first-order chi connectivity index (χ1) is 13.4. The van der Waals surface area contributed by atoms with Crippen molar-refractivity contribution in [2.75, 3.05) is 5.32 Å². The van der Waals surface area contributed by atoms with Gasteiger partial charge in [-0.1, -0.05) is 12.1 Å². The molecule has 4 aromatic rings. The molecule has 140 valence electrons. The van der Waals surface area contributed by atoms with Crippen LogP contribution in [0.25, 0.3) is 22.6 Å². The fourth-order valence-electron chi connectivity index (χ4n) is 3.00. The molecule has 0 radical (unpaired) electrons. The number of amides is 1. The molecule has 0 unspecified atom stereocenters. The second-order valence-electron chi connectivity index (χ2n) is 6.64. The van der Waals surface area contributed by atoms with Crippen molar-refractivity contribution in [3.8, 4) is 17.2 Å². The smallest absolute Gasteiger partial charge is 0.255 e. The number of benzene rings is 3. The lowest BCUT2D eigenvalue weighted by molar-refractivity contribution is 0.102. The Labute approximate surface area is 160 Å². The minimum Gasteiger partial charge on any atom is -0.507 e. The lowest BCUT2D eigenvalue weighted by Crippen LogP contribution is -2.12. The van der Waals surface area contributed by atoms with Crippen LogP contribution in [0.5, 0.6) is 5.75 Å². The Balaban J connectivity index is 1.72. The van der Waals surface area contributed by atoms with Gasteiger partial charge in [-0.25, -0.2) is 9.37 Å². The van der Waals surface area contributed by atoms with E-state index < -0.39 is 11.7 Å². The van der Waals surface area contributed by atoms with Gasteiger partial charge < -0.3 is 14.8 Å². The van der Waals surface area contributed by atoms with Crippen molar-refractivity contribution in [2.24, 2.45) is 0 Å². The first-order valence-corrected chi connectivity index (χ1v) is 8.69. The third-order valence-electron chi connectivity index (χ3n) is 4.42. The molecule has 28 heavy (non-hydrogen) atoms. The molecule has 1 heterocycles. The van der Waals surface area contributed by atoms with E-state index in [1.807, 2.05) is 25.1 Å². The van der Waals surface area contributed by atoms with Crippen LogP contribution in [-0.2, 0) is 0 Å². The van der Waals surface area contributed by atoms with Crippen molar-refractivity contribution in [3.05, 3.63) is 77.1 Å². The summed E-state index contributed by atoms with van der Waals surface area (Å²) in [5.41, 5.74) is 3.88. The van der Waals surface area contributed by atoms with Crippen LogP contribution < -0.4 is 5.32 Å². The Bertz CT molecular complexity index is 1210. The summed E-state index contributed by atoms with van der Waals surface area (Å²) in [6, 6.07) is 14.3. The van der Waals surface area contributed by atoms with E-state index in [-0.39, 0.29) is 17.2 Å². The largest absolute Gasteiger partial charge is 0.507 e. The number of carbonyl (C=O) groups excluding carboxylic acids is 1. The predicted molar refractivity (Wildman–Crippen MR) is 105 cm³/mol. The van der Waals surface area contributed by atoms with Gasteiger partial charge in [-0.3, -0.25) is 4.79 Å². The molecular weight excluding hydrogens is 359 g/mol. The van der Waals surface area contributed by atoms with Gasteiger partial charge in [-0.15, -0.1) is 0 Å². The highest BCUT2D eigenvalue weighted by molar-refractivity contribution is 6.04. The van der Waals surface area contributed by atoms with Crippen molar-refractivity contribution in [3.63, 3.8) is 0 Å². The van der Waals surface area contributed by atoms with Crippen molar-refractivity contribution < 1.29 is 18.7 Å². The highest BCUT2D eigenvalue weighted by Crippen LogP contribution is 2.36. The van der Waals surface area contributed by atoms with Crippen LogP contribution in [0.3, 0.4) is 0 Å². The SMILES string of the molecule is Cc1ccc2oc(-c3cc(NC(=O)c4cccc(F)c4)cc(C)c3O)nc2c1. The van der Waals surface area contributed by atoms with Gasteiger partial charge in [0.1, 0.15) is 17.1 Å². The van der Waals surface area contributed by atoms with Crippen LogP contribution in [0.1, 0.15) is 21.5 Å². The molecule has 5 nitrogen and oxygen atoms in total. The minimum atomic E-state index is -0.489. The second-order valence-corrected chi connectivity index (χ2v) is 6.64. The molecule has 1 aromatic heterocycles. The summed E-state index contributed by atoms with van der Waals surface area (Å²) in [5.74, 6) is -0.671. The number of hydrogen-bond acceptors (Lipinski definition) is 4. The zero-order valence-corrected chi connectivity index (χ0v) is 15.3. The molecule has 0 fully saturated rings. The molecule has 0 spiro atoms. The maximum atomic E-state index is 13.4. The number of halogens is 1. The Morgan fingerprint density at radius 2 is 1.93 bits per heavy atom. The normalized spacial score (nSPS) is 11.0. The van der Waals surface area contributed by atoms with Crippen LogP contribution in [0.4, 0.5) is 10.1 Å². The number of phenols is 1. The summed E-state index contributed by atoms with van der Waals surface area (Å²) < 4.78 is 19.1. The van der Waals surface area contributed by atoms with E-state index in [2.05, 4.69) is 10.3 Å². The molecule has 3 aromatic carbocycles. The molecule has 4 rings (SSSR count). The molecule has 0 aliphatic carbocycles. The van der Waals surface area contributed by atoms with Gasteiger partial charge in [0.2, 0.25) is 5.89 Å². The zero-order chi connectivity index (χ0) is 19.8. The van der Waals surface area contributed by atoms with Crippen molar-refractivity contribution >= 4 is 22.7 Å². The third-order valence-corrected chi connectivity index (χ3v) is 4.42. The van der Waals surface area contributed by atoms with Crippen LogP contribution in [0, 0.1) is 19.7 Å². The van der Waals surface area contributed by atoms with Crippen LogP contribution in [-0.4, -0.2) is 16.0 Å². The van der Waals surface area contributed by atoms with Gasteiger partial charge in [0.15, 0.2) is 5.58 Å². The van der Waals surface area contributed by atoms with Gasteiger partial charge in [-0.2, -0.15) is 0 Å². The fraction of sp³-hybridized carbons (Fsp3) is 0.0909. The number of aromatic nitrogens is 1. The van der Waals surface area contributed by atoms with Crippen LogP contribution in [0.15, 0.2) is 59.0 Å². The van der Waals surface area contributed by atoms with Gasteiger partial charge in [0.25, 0.3) is 5.91 Å². The zero-order valence-electron chi connectivity index (χ0n) is 15.3. The topological polar surface area (TPSA) is 75.4 Å². The van der Waals surface area contributed by atoms with E-state index in [0.29, 0.717) is 27.9 Å². The summed E-state index contributed by atoms with van der Waals surface area (Å²) in [5, 5.41) is 13.2. The standard InChI is InChI=1S/C22H17FN2O3/c1-12-6-7-19-18(8-12)25-22(28-19)17-11-16(9-13(2)20(17)26)24-21(27)14-4-3-5-15(23)10-14/h3-11,26H,1-2H3,(H,24,27). The number of nitrogens with zero attached hydrogens (tertiary/aromatic N) is 1. The quantitative estimate of drug-likeness (QED) is 0.481. The number of phenolic OH excluding ortho intramolecular Hbond substituents is 1. The Hall–Kier alpha value is -3.67. The molecule has 6 heteroatoms. The van der Waals surface area contributed by atoms with Crippen LogP contribution in [0.2, 0.25) is 0 Å². The number of hydrogen-bond donors (Lipinski definition) is 2. The van der Waals surface area contributed by atoms with Gasteiger partial charge in [0, 0.05) is 11.3 Å². The molecule has 0 atom stereocenters. The molecule has 0 saturated heterocycles.